The molecule has 0 saturated carbocycles. The summed E-state index contributed by atoms with van der Waals surface area (Å²) in [5, 5.41) is 13.0. The fourth-order valence-electron chi connectivity index (χ4n) is 2.24. The second-order valence-electron chi connectivity index (χ2n) is 6.79. The average Bonchev–Trinajstić information content (AvgIpc) is 2.54. The molecule has 0 bridgehead atoms. The molecular formula is C20H28N2O2. The molecular weight excluding hydrogens is 300 g/mol. The summed E-state index contributed by atoms with van der Waals surface area (Å²) in [6, 6.07) is 12.1. The van der Waals surface area contributed by atoms with Crippen molar-refractivity contribution in [3.63, 3.8) is 0 Å². The number of carbonyl (C=O) groups is 1. The van der Waals surface area contributed by atoms with Crippen LogP contribution in [0.3, 0.4) is 0 Å². The first-order valence-electron chi connectivity index (χ1n) is 8.44. The predicted molar refractivity (Wildman–Crippen MR) is 97.5 cm³/mol. The van der Waals surface area contributed by atoms with Gasteiger partial charge in [-0.1, -0.05) is 37.3 Å². The third kappa shape index (κ3) is 6.45. The van der Waals surface area contributed by atoms with Crippen LogP contribution >= 0.6 is 0 Å². The van der Waals surface area contributed by atoms with E-state index in [2.05, 4.69) is 11.4 Å². The third-order valence-corrected chi connectivity index (χ3v) is 3.45. The number of allylic oxidation sites excluding steroid dienone is 1. The lowest BCUT2D eigenvalue weighted by Gasteiger charge is -2.27. The van der Waals surface area contributed by atoms with E-state index in [0.717, 1.165) is 12.1 Å². The number of esters is 1. The van der Waals surface area contributed by atoms with Gasteiger partial charge in [0.1, 0.15) is 5.60 Å². The highest BCUT2D eigenvalue weighted by molar-refractivity contribution is 5.82. The van der Waals surface area contributed by atoms with E-state index in [9.17, 15) is 10.1 Å². The molecule has 0 aromatic heterocycles. The van der Waals surface area contributed by atoms with Crippen LogP contribution in [0.5, 0.6) is 0 Å². The molecule has 1 aromatic carbocycles. The molecule has 1 rings (SSSR count). The van der Waals surface area contributed by atoms with Gasteiger partial charge in [0.25, 0.3) is 0 Å². The zero-order valence-electron chi connectivity index (χ0n) is 15.1. The fraction of sp³-hybridized carbons (Fsp3) is 0.500. The number of ether oxygens (including phenoxy) is 1. The van der Waals surface area contributed by atoms with Crippen molar-refractivity contribution in [2.45, 2.75) is 52.6 Å². The standard InChI is InChI=1S/C20H28N2O2/c1-5-6-13-20(16-21,18(23)24-19(2,3)4)14-10-15-22-17-11-8-7-9-12-17/h6-9,11-13,22H,5,10,14-15H2,1-4H3/b13-6+. The van der Waals surface area contributed by atoms with Crippen LogP contribution in [0.15, 0.2) is 42.5 Å². The van der Waals surface area contributed by atoms with E-state index in [1.54, 1.807) is 6.08 Å². The van der Waals surface area contributed by atoms with Gasteiger partial charge in [-0.2, -0.15) is 5.26 Å². The molecule has 0 spiro atoms. The van der Waals surface area contributed by atoms with Crippen molar-refractivity contribution in [3.8, 4) is 6.07 Å². The molecule has 24 heavy (non-hydrogen) atoms. The number of nitrogens with zero attached hydrogens (tertiary/aromatic N) is 1. The molecule has 0 aliphatic rings. The van der Waals surface area contributed by atoms with Gasteiger partial charge in [0.2, 0.25) is 0 Å². The Morgan fingerprint density at radius 1 is 1.29 bits per heavy atom. The Bertz CT molecular complexity index is 582. The second-order valence-corrected chi connectivity index (χ2v) is 6.79. The largest absolute Gasteiger partial charge is 0.459 e. The summed E-state index contributed by atoms with van der Waals surface area (Å²) in [4.78, 5) is 12.6. The van der Waals surface area contributed by atoms with Crippen molar-refractivity contribution >= 4 is 11.7 Å². The summed E-state index contributed by atoms with van der Waals surface area (Å²) < 4.78 is 5.47. The summed E-state index contributed by atoms with van der Waals surface area (Å²) in [5.74, 6) is -0.470. The van der Waals surface area contributed by atoms with E-state index in [1.165, 1.54) is 0 Å². The van der Waals surface area contributed by atoms with Gasteiger partial charge in [-0.15, -0.1) is 0 Å². The Kier molecular flexibility index (Phi) is 7.51. The van der Waals surface area contributed by atoms with Crippen molar-refractivity contribution in [2.75, 3.05) is 11.9 Å². The highest BCUT2D eigenvalue weighted by atomic mass is 16.6. The molecule has 0 aliphatic carbocycles. The molecule has 0 aliphatic heterocycles. The Morgan fingerprint density at radius 2 is 1.96 bits per heavy atom. The summed E-state index contributed by atoms with van der Waals surface area (Å²) in [6.45, 7) is 8.11. The van der Waals surface area contributed by atoms with Gasteiger partial charge in [-0.05, 0) is 52.2 Å². The number of anilines is 1. The van der Waals surface area contributed by atoms with Gasteiger partial charge in [-0.3, -0.25) is 0 Å². The molecule has 0 heterocycles. The number of hydrogen-bond donors (Lipinski definition) is 1. The molecule has 1 N–H and O–H groups in total. The van der Waals surface area contributed by atoms with Crippen LogP contribution in [0.4, 0.5) is 5.69 Å². The molecule has 0 saturated heterocycles. The maximum Gasteiger partial charge on any atom is 0.330 e. The van der Waals surface area contributed by atoms with E-state index in [4.69, 9.17) is 4.74 Å². The minimum Gasteiger partial charge on any atom is -0.459 e. The number of nitriles is 1. The zero-order chi connectivity index (χ0) is 18.1. The highest BCUT2D eigenvalue weighted by Crippen LogP contribution is 2.29. The number of carbonyl (C=O) groups excluding carboxylic acids is 1. The Labute approximate surface area is 145 Å². The van der Waals surface area contributed by atoms with Gasteiger partial charge in [0.05, 0.1) is 6.07 Å². The van der Waals surface area contributed by atoms with Crippen LogP contribution in [-0.4, -0.2) is 18.1 Å². The Morgan fingerprint density at radius 3 is 2.50 bits per heavy atom. The zero-order valence-corrected chi connectivity index (χ0v) is 15.1. The van der Waals surface area contributed by atoms with Crippen molar-refractivity contribution in [1.82, 2.24) is 0 Å². The number of hydrogen-bond acceptors (Lipinski definition) is 4. The lowest BCUT2D eigenvalue weighted by atomic mass is 9.83. The molecule has 0 fully saturated rings. The van der Waals surface area contributed by atoms with Crippen molar-refractivity contribution in [3.05, 3.63) is 42.5 Å². The van der Waals surface area contributed by atoms with E-state index in [-0.39, 0.29) is 0 Å². The first kappa shape index (κ1) is 19.8. The molecule has 4 nitrogen and oxygen atoms in total. The molecule has 0 radical (unpaired) electrons. The topological polar surface area (TPSA) is 62.1 Å². The van der Waals surface area contributed by atoms with Crippen molar-refractivity contribution in [2.24, 2.45) is 5.41 Å². The maximum atomic E-state index is 12.6. The SMILES string of the molecule is CC/C=C/C(C#N)(CCCNc1ccccc1)C(=O)OC(C)(C)C. The van der Waals surface area contributed by atoms with Crippen LogP contribution in [0.1, 0.15) is 47.0 Å². The summed E-state index contributed by atoms with van der Waals surface area (Å²) in [5.41, 5.74) is -0.801. The minimum atomic E-state index is -1.22. The van der Waals surface area contributed by atoms with E-state index in [1.807, 2.05) is 64.1 Å². The number of benzene rings is 1. The fourth-order valence-corrected chi connectivity index (χ4v) is 2.24. The Balaban J connectivity index is 2.73. The van der Waals surface area contributed by atoms with Crippen molar-refractivity contribution < 1.29 is 9.53 Å². The maximum absolute atomic E-state index is 12.6. The molecule has 1 aromatic rings. The highest BCUT2D eigenvalue weighted by Gasteiger charge is 2.39. The quantitative estimate of drug-likeness (QED) is 0.427. The van der Waals surface area contributed by atoms with Crippen molar-refractivity contribution in [1.29, 1.82) is 5.26 Å². The van der Waals surface area contributed by atoms with Gasteiger partial charge < -0.3 is 10.1 Å². The van der Waals surface area contributed by atoms with Crippen LogP contribution in [-0.2, 0) is 9.53 Å². The minimum absolute atomic E-state index is 0.425. The third-order valence-electron chi connectivity index (χ3n) is 3.45. The van der Waals surface area contributed by atoms with E-state index in [0.29, 0.717) is 19.4 Å². The monoisotopic (exact) mass is 328 g/mol. The summed E-state index contributed by atoms with van der Waals surface area (Å²) >= 11 is 0. The van der Waals surface area contributed by atoms with Crippen LogP contribution in [0, 0.1) is 16.7 Å². The van der Waals surface area contributed by atoms with Crippen LogP contribution < -0.4 is 5.32 Å². The van der Waals surface area contributed by atoms with E-state index >= 15 is 0 Å². The van der Waals surface area contributed by atoms with Gasteiger partial charge >= 0.3 is 5.97 Å². The molecule has 1 unspecified atom stereocenters. The summed E-state index contributed by atoms with van der Waals surface area (Å²) in [6.07, 6.45) is 5.44. The molecule has 0 amide bonds. The van der Waals surface area contributed by atoms with Gasteiger partial charge in [-0.25, -0.2) is 4.79 Å². The molecule has 1 atom stereocenters. The van der Waals surface area contributed by atoms with Crippen LogP contribution in [0.2, 0.25) is 0 Å². The first-order chi connectivity index (χ1) is 11.3. The smallest absolute Gasteiger partial charge is 0.330 e. The average molecular weight is 328 g/mol. The first-order valence-corrected chi connectivity index (χ1v) is 8.44. The Hall–Kier alpha value is -2.28. The summed E-state index contributed by atoms with van der Waals surface area (Å²) in [7, 11) is 0. The normalized spacial score (nSPS) is 14.0. The molecule has 4 heteroatoms. The number of para-hydroxylation sites is 1. The predicted octanol–water partition coefficient (Wildman–Crippen LogP) is 4.70. The lowest BCUT2D eigenvalue weighted by Crippen LogP contribution is -2.36. The lowest BCUT2D eigenvalue weighted by molar-refractivity contribution is -0.162. The van der Waals surface area contributed by atoms with E-state index < -0.39 is 17.0 Å². The van der Waals surface area contributed by atoms with Gasteiger partial charge in [0, 0.05) is 12.2 Å². The number of nitrogens with one attached hydrogen (secondary N) is 1. The molecule has 130 valence electrons. The van der Waals surface area contributed by atoms with Gasteiger partial charge in [0.15, 0.2) is 5.41 Å². The van der Waals surface area contributed by atoms with Crippen LogP contribution in [0.25, 0.3) is 0 Å². The number of rotatable bonds is 8. The second kappa shape index (κ2) is 9.12.